The van der Waals surface area contributed by atoms with E-state index in [9.17, 15) is 0 Å². The molecule has 2 atom stereocenters. The summed E-state index contributed by atoms with van der Waals surface area (Å²) in [5.41, 5.74) is 1.75. The third-order valence-corrected chi connectivity index (χ3v) is 3.95. The molecule has 2 heteroatoms. The summed E-state index contributed by atoms with van der Waals surface area (Å²) < 4.78 is 6.06. The molecular weight excluding hydrogens is 222 g/mol. The summed E-state index contributed by atoms with van der Waals surface area (Å²) in [5.74, 6) is 0.702. The van der Waals surface area contributed by atoms with Crippen molar-refractivity contribution >= 4 is 0 Å². The van der Waals surface area contributed by atoms with Crippen molar-refractivity contribution in [3.8, 4) is 6.07 Å². The second-order valence-corrected chi connectivity index (χ2v) is 5.07. The van der Waals surface area contributed by atoms with E-state index in [-0.39, 0.29) is 0 Å². The van der Waals surface area contributed by atoms with E-state index in [2.05, 4.69) is 13.0 Å². The lowest BCUT2D eigenvalue weighted by Crippen LogP contribution is -2.27. The smallest absolute Gasteiger partial charge is 0.0995 e. The van der Waals surface area contributed by atoms with E-state index in [1.54, 1.807) is 0 Å². The molecule has 18 heavy (non-hydrogen) atoms. The molecule has 1 aliphatic carbocycles. The van der Waals surface area contributed by atoms with Gasteiger partial charge in [0.15, 0.2) is 0 Å². The number of hydrogen-bond donors (Lipinski definition) is 0. The molecule has 0 spiro atoms. The van der Waals surface area contributed by atoms with Crippen molar-refractivity contribution in [2.75, 3.05) is 0 Å². The standard InChI is InChI=1S/C16H21NO/c1-2-13-7-5-6-10-16(13)18-12-15-9-4-3-8-14(15)11-17/h3-4,8-9,13,16H,2,5-7,10,12H2,1H3. The molecule has 1 aromatic rings. The summed E-state index contributed by atoms with van der Waals surface area (Å²) >= 11 is 0. The van der Waals surface area contributed by atoms with Gasteiger partial charge in [-0.1, -0.05) is 44.4 Å². The lowest BCUT2D eigenvalue weighted by Gasteiger charge is -2.30. The van der Waals surface area contributed by atoms with Gasteiger partial charge >= 0.3 is 0 Å². The number of nitriles is 1. The van der Waals surface area contributed by atoms with Crippen LogP contribution < -0.4 is 0 Å². The first-order valence-electron chi connectivity index (χ1n) is 6.94. The number of nitrogens with zero attached hydrogens (tertiary/aromatic N) is 1. The van der Waals surface area contributed by atoms with Crippen LogP contribution in [0.15, 0.2) is 24.3 Å². The minimum atomic E-state index is 0.385. The Balaban J connectivity index is 1.96. The highest BCUT2D eigenvalue weighted by Gasteiger charge is 2.24. The maximum atomic E-state index is 9.05. The predicted octanol–water partition coefficient (Wildman–Crippen LogP) is 4.04. The van der Waals surface area contributed by atoms with Crippen LogP contribution in [0.2, 0.25) is 0 Å². The predicted molar refractivity (Wildman–Crippen MR) is 72.0 cm³/mol. The van der Waals surface area contributed by atoms with Gasteiger partial charge in [-0.2, -0.15) is 5.26 Å². The monoisotopic (exact) mass is 243 g/mol. The average Bonchev–Trinajstić information content (AvgIpc) is 2.45. The summed E-state index contributed by atoms with van der Waals surface area (Å²) in [7, 11) is 0. The summed E-state index contributed by atoms with van der Waals surface area (Å²) in [4.78, 5) is 0. The van der Waals surface area contributed by atoms with Crippen molar-refractivity contribution in [1.82, 2.24) is 0 Å². The van der Waals surface area contributed by atoms with E-state index in [1.165, 1.54) is 32.1 Å². The lowest BCUT2D eigenvalue weighted by atomic mass is 9.85. The molecule has 0 bridgehead atoms. The Kier molecular flexibility index (Phi) is 4.78. The van der Waals surface area contributed by atoms with Gasteiger partial charge in [0.2, 0.25) is 0 Å². The molecule has 0 aromatic heterocycles. The quantitative estimate of drug-likeness (QED) is 0.799. The van der Waals surface area contributed by atoms with Gasteiger partial charge in [-0.05, 0) is 30.4 Å². The van der Waals surface area contributed by atoms with Crippen LogP contribution >= 0.6 is 0 Å². The molecule has 0 amide bonds. The Hall–Kier alpha value is -1.33. The van der Waals surface area contributed by atoms with E-state index < -0.39 is 0 Å². The molecule has 0 N–H and O–H groups in total. The molecule has 0 radical (unpaired) electrons. The fraction of sp³-hybridized carbons (Fsp3) is 0.562. The molecule has 1 saturated carbocycles. The van der Waals surface area contributed by atoms with Crippen molar-refractivity contribution in [1.29, 1.82) is 5.26 Å². The molecule has 2 unspecified atom stereocenters. The zero-order chi connectivity index (χ0) is 12.8. The molecule has 1 fully saturated rings. The first kappa shape index (κ1) is 13.1. The maximum absolute atomic E-state index is 9.05. The zero-order valence-corrected chi connectivity index (χ0v) is 11.1. The van der Waals surface area contributed by atoms with E-state index >= 15 is 0 Å². The highest BCUT2D eigenvalue weighted by Crippen LogP contribution is 2.29. The molecule has 1 aromatic carbocycles. The third-order valence-electron chi connectivity index (χ3n) is 3.95. The Morgan fingerprint density at radius 1 is 1.28 bits per heavy atom. The van der Waals surface area contributed by atoms with Gasteiger partial charge < -0.3 is 4.74 Å². The van der Waals surface area contributed by atoms with E-state index in [0.29, 0.717) is 18.6 Å². The number of rotatable bonds is 4. The molecule has 0 aliphatic heterocycles. The van der Waals surface area contributed by atoms with Crippen LogP contribution in [-0.2, 0) is 11.3 Å². The van der Waals surface area contributed by atoms with Gasteiger partial charge in [0, 0.05) is 0 Å². The minimum absolute atomic E-state index is 0.385. The van der Waals surface area contributed by atoms with Gasteiger partial charge in [0.05, 0.1) is 24.3 Å². The Morgan fingerprint density at radius 2 is 2.06 bits per heavy atom. The highest BCUT2D eigenvalue weighted by atomic mass is 16.5. The number of hydrogen-bond acceptors (Lipinski definition) is 2. The van der Waals surface area contributed by atoms with E-state index in [0.717, 1.165) is 11.1 Å². The van der Waals surface area contributed by atoms with Crippen molar-refractivity contribution in [2.24, 2.45) is 5.92 Å². The summed E-state index contributed by atoms with van der Waals surface area (Å²) in [5, 5.41) is 9.05. The minimum Gasteiger partial charge on any atom is -0.373 e. The van der Waals surface area contributed by atoms with Gasteiger partial charge in [-0.15, -0.1) is 0 Å². The maximum Gasteiger partial charge on any atom is 0.0995 e. The molecule has 2 nitrogen and oxygen atoms in total. The highest BCUT2D eigenvalue weighted by molar-refractivity contribution is 5.36. The first-order valence-corrected chi connectivity index (χ1v) is 6.94. The third kappa shape index (κ3) is 3.11. The fourth-order valence-electron chi connectivity index (χ4n) is 2.81. The van der Waals surface area contributed by atoms with Crippen LogP contribution in [0.4, 0.5) is 0 Å². The molecule has 1 aliphatic rings. The lowest BCUT2D eigenvalue weighted by molar-refractivity contribution is -0.0222. The van der Waals surface area contributed by atoms with E-state index in [4.69, 9.17) is 10.00 Å². The van der Waals surface area contributed by atoms with Crippen molar-refractivity contribution in [3.05, 3.63) is 35.4 Å². The van der Waals surface area contributed by atoms with Gasteiger partial charge in [-0.25, -0.2) is 0 Å². The Labute approximate surface area is 110 Å². The van der Waals surface area contributed by atoms with Crippen LogP contribution in [-0.4, -0.2) is 6.10 Å². The van der Waals surface area contributed by atoms with Gasteiger partial charge in [-0.3, -0.25) is 0 Å². The summed E-state index contributed by atoms with van der Waals surface area (Å²) in [6, 6.07) is 9.95. The molecule has 96 valence electrons. The van der Waals surface area contributed by atoms with Crippen molar-refractivity contribution < 1.29 is 4.74 Å². The average molecular weight is 243 g/mol. The largest absolute Gasteiger partial charge is 0.373 e. The Bertz CT molecular complexity index is 421. The Morgan fingerprint density at radius 3 is 2.83 bits per heavy atom. The van der Waals surface area contributed by atoms with Crippen LogP contribution in [0, 0.1) is 17.2 Å². The van der Waals surface area contributed by atoms with Crippen LogP contribution in [0.1, 0.15) is 50.2 Å². The number of benzene rings is 1. The molecular formula is C16H21NO. The van der Waals surface area contributed by atoms with Crippen LogP contribution in [0.25, 0.3) is 0 Å². The summed E-state index contributed by atoms with van der Waals surface area (Å²) in [6.07, 6.45) is 6.67. The van der Waals surface area contributed by atoms with E-state index in [1.807, 2.05) is 24.3 Å². The first-order chi connectivity index (χ1) is 8.85. The van der Waals surface area contributed by atoms with Crippen LogP contribution in [0.5, 0.6) is 0 Å². The summed E-state index contributed by atoms with van der Waals surface area (Å²) in [6.45, 7) is 2.82. The molecule has 0 heterocycles. The molecule has 2 rings (SSSR count). The van der Waals surface area contributed by atoms with Gasteiger partial charge in [0.1, 0.15) is 0 Å². The van der Waals surface area contributed by atoms with Crippen molar-refractivity contribution in [2.45, 2.75) is 51.7 Å². The van der Waals surface area contributed by atoms with Crippen molar-refractivity contribution in [3.63, 3.8) is 0 Å². The second-order valence-electron chi connectivity index (χ2n) is 5.07. The topological polar surface area (TPSA) is 33.0 Å². The van der Waals surface area contributed by atoms with Gasteiger partial charge in [0.25, 0.3) is 0 Å². The normalized spacial score (nSPS) is 23.6. The number of ether oxygens (including phenoxy) is 1. The second kappa shape index (κ2) is 6.56. The SMILES string of the molecule is CCC1CCCCC1OCc1ccccc1C#N. The zero-order valence-electron chi connectivity index (χ0n) is 11.1. The fourth-order valence-corrected chi connectivity index (χ4v) is 2.81. The van der Waals surface area contributed by atoms with Crippen LogP contribution in [0.3, 0.4) is 0 Å². The molecule has 0 saturated heterocycles.